The van der Waals surface area contributed by atoms with E-state index in [0.717, 1.165) is 24.3 Å². The molecule has 0 saturated carbocycles. The normalized spacial score (nSPS) is 11.4. The Morgan fingerprint density at radius 1 is 1.26 bits per heavy atom. The average Bonchev–Trinajstić information content (AvgIpc) is 2.76. The van der Waals surface area contributed by atoms with E-state index < -0.39 is 0 Å². The number of nitrogens with zero attached hydrogens (tertiary/aromatic N) is 1. The van der Waals surface area contributed by atoms with Gasteiger partial charge in [0.2, 0.25) is 0 Å². The van der Waals surface area contributed by atoms with Gasteiger partial charge in [-0.15, -0.1) is 11.3 Å². The average molecular weight is 275 g/mol. The molecule has 0 saturated heterocycles. The number of carbonyl (C=O) groups is 1. The second kappa shape index (κ2) is 6.31. The lowest BCUT2D eigenvalue weighted by molar-refractivity contribution is 0.0976. The van der Waals surface area contributed by atoms with Gasteiger partial charge in [-0.2, -0.15) is 0 Å². The predicted molar refractivity (Wildman–Crippen MR) is 83.3 cm³/mol. The van der Waals surface area contributed by atoms with E-state index in [4.69, 9.17) is 0 Å². The van der Waals surface area contributed by atoms with Gasteiger partial charge in [-0.1, -0.05) is 31.5 Å². The molecule has 102 valence electrons. The molecule has 2 nitrogen and oxygen atoms in total. The number of thiophene rings is 1. The van der Waals surface area contributed by atoms with Crippen LogP contribution in [0, 0.1) is 0 Å². The zero-order chi connectivity index (χ0) is 13.8. The lowest BCUT2D eigenvalue weighted by Crippen LogP contribution is -2.16. The van der Waals surface area contributed by atoms with Gasteiger partial charge in [0.25, 0.3) is 0 Å². The van der Waals surface area contributed by atoms with Gasteiger partial charge >= 0.3 is 0 Å². The number of rotatable bonds is 6. The van der Waals surface area contributed by atoms with E-state index in [-0.39, 0.29) is 0 Å². The van der Waals surface area contributed by atoms with Crippen molar-refractivity contribution in [2.75, 3.05) is 20.6 Å². The fourth-order valence-corrected chi connectivity index (χ4v) is 3.48. The summed E-state index contributed by atoms with van der Waals surface area (Å²) < 4.78 is 1.24. The van der Waals surface area contributed by atoms with Crippen LogP contribution in [0.3, 0.4) is 0 Å². The zero-order valence-corrected chi connectivity index (χ0v) is 12.7. The van der Waals surface area contributed by atoms with Gasteiger partial charge in [-0.25, -0.2) is 0 Å². The number of Topliss-reactive ketones (excluding diaryl/α,β-unsaturated/α-hetero) is 1. The highest BCUT2D eigenvalue weighted by Crippen LogP contribution is 2.33. The van der Waals surface area contributed by atoms with Crippen LogP contribution in [-0.2, 0) is 6.42 Å². The molecule has 0 bridgehead atoms. The van der Waals surface area contributed by atoms with Crippen molar-refractivity contribution < 1.29 is 4.79 Å². The molecule has 0 amide bonds. The molecule has 0 atom stereocenters. The van der Waals surface area contributed by atoms with E-state index in [0.29, 0.717) is 12.2 Å². The van der Waals surface area contributed by atoms with Crippen LogP contribution >= 0.6 is 11.3 Å². The second-order valence-electron chi connectivity index (χ2n) is 5.13. The number of aryl methyl sites for hydroxylation is 1. The maximum absolute atomic E-state index is 12.4. The van der Waals surface area contributed by atoms with E-state index in [1.165, 1.54) is 15.6 Å². The van der Waals surface area contributed by atoms with Crippen LogP contribution in [0.15, 0.2) is 24.3 Å². The van der Waals surface area contributed by atoms with Gasteiger partial charge in [0.1, 0.15) is 0 Å². The molecule has 19 heavy (non-hydrogen) atoms. The molecular weight excluding hydrogens is 254 g/mol. The van der Waals surface area contributed by atoms with Crippen LogP contribution in [0.1, 0.15) is 35.0 Å². The SMILES string of the molecule is CCCc1c(C(=O)CCN(C)C)sc2ccccc12. The minimum atomic E-state index is 0.290. The molecule has 0 unspecified atom stereocenters. The number of hydrogen-bond acceptors (Lipinski definition) is 3. The van der Waals surface area contributed by atoms with Crippen LogP contribution in [0.2, 0.25) is 0 Å². The molecule has 3 heteroatoms. The van der Waals surface area contributed by atoms with Crippen LogP contribution in [-0.4, -0.2) is 31.3 Å². The van der Waals surface area contributed by atoms with E-state index >= 15 is 0 Å². The first kappa shape index (κ1) is 14.2. The van der Waals surface area contributed by atoms with Gasteiger partial charge in [-0.05, 0) is 37.5 Å². The molecule has 2 rings (SSSR count). The molecule has 0 spiro atoms. The third-order valence-corrected chi connectivity index (χ3v) is 4.49. The summed E-state index contributed by atoms with van der Waals surface area (Å²) >= 11 is 1.66. The largest absolute Gasteiger partial charge is 0.309 e. The Kier molecular flexibility index (Phi) is 4.72. The van der Waals surface area contributed by atoms with E-state index in [1.54, 1.807) is 11.3 Å². The number of benzene rings is 1. The van der Waals surface area contributed by atoms with Gasteiger partial charge in [0.05, 0.1) is 4.88 Å². The quantitative estimate of drug-likeness (QED) is 0.743. The molecule has 0 aliphatic heterocycles. The van der Waals surface area contributed by atoms with Crippen molar-refractivity contribution in [3.05, 3.63) is 34.7 Å². The number of ketones is 1. The minimum Gasteiger partial charge on any atom is -0.309 e. The summed E-state index contributed by atoms with van der Waals surface area (Å²) in [6, 6.07) is 8.35. The third kappa shape index (κ3) is 3.23. The fraction of sp³-hybridized carbons (Fsp3) is 0.438. The Balaban J connectivity index is 2.35. The van der Waals surface area contributed by atoms with Crippen LogP contribution < -0.4 is 0 Å². The monoisotopic (exact) mass is 275 g/mol. The van der Waals surface area contributed by atoms with Crippen LogP contribution in [0.25, 0.3) is 10.1 Å². The maximum atomic E-state index is 12.4. The first-order chi connectivity index (χ1) is 9.13. The topological polar surface area (TPSA) is 20.3 Å². The van der Waals surface area contributed by atoms with Crippen molar-refractivity contribution in [3.8, 4) is 0 Å². The lowest BCUT2D eigenvalue weighted by Gasteiger charge is -2.08. The Labute approximate surface area is 119 Å². The standard InChI is InChI=1S/C16H21NOS/c1-4-7-13-12-8-5-6-9-15(12)19-16(13)14(18)10-11-17(2)3/h5-6,8-9H,4,7,10-11H2,1-3H3. The Bertz CT molecular complexity index is 571. The van der Waals surface area contributed by atoms with Gasteiger partial charge in [0, 0.05) is 17.7 Å². The Hall–Kier alpha value is -1.19. The van der Waals surface area contributed by atoms with Crippen LogP contribution in [0.5, 0.6) is 0 Å². The summed E-state index contributed by atoms with van der Waals surface area (Å²) in [6.45, 7) is 2.99. The van der Waals surface area contributed by atoms with Gasteiger partial charge < -0.3 is 4.90 Å². The summed E-state index contributed by atoms with van der Waals surface area (Å²) in [4.78, 5) is 15.4. The predicted octanol–water partition coefficient (Wildman–Crippen LogP) is 3.99. The van der Waals surface area contributed by atoms with Crippen molar-refractivity contribution in [2.45, 2.75) is 26.2 Å². The zero-order valence-electron chi connectivity index (χ0n) is 11.9. The number of fused-ring (bicyclic) bond motifs is 1. The van der Waals surface area contributed by atoms with Gasteiger partial charge in [-0.3, -0.25) is 4.79 Å². The first-order valence-corrected chi connectivity index (χ1v) is 7.63. The van der Waals surface area contributed by atoms with Crippen molar-refractivity contribution in [1.82, 2.24) is 4.90 Å². The highest BCUT2D eigenvalue weighted by atomic mass is 32.1. The molecular formula is C16H21NOS. The summed E-state index contributed by atoms with van der Waals surface area (Å²) in [7, 11) is 4.01. The highest BCUT2D eigenvalue weighted by Gasteiger charge is 2.17. The maximum Gasteiger partial charge on any atom is 0.174 e. The number of carbonyl (C=O) groups excluding carboxylic acids is 1. The Morgan fingerprint density at radius 2 is 2.00 bits per heavy atom. The molecule has 0 N–H and O–H groups in total. The first-order valence-electron chi connectivity index (χ1n) is 6.81. The molecule has 0 aliphatic rings. The van der Waals surface area contributed by atoms with Crippen LogP contribution in [0.4, 0.5) is 0 Å². The molecule has 2 aromatic rings. The Morgan fingerprint density at radius 3 is 2.68 bits per heavy atom. The smallest absolute Gasteiger partial charge is 0.174 e. The molecule has 0 aliphatic carbocycles. The summed E-state index contributed by atoms with van der Waals surface area (Å²) in [6.07, 6.45) is 2.68. The fourth-order valence-electron chi connectivity index (χ4n) is 2.26. The van der Waals surface area contributed by atoms with Crippen molar-refractivity contribution in [1.29, 1.82) is 0 Å². The van der Waals surface area contributed by atoms with Gasteiger partial charge in [0.15, 0.2) is 5.78 Å². The molecule has 1 aromatic heterocycles. The highest BCUT2D eigenvalue weighted by molar-refractivity contribution is 7.21. The summed E-state index contributed by atoms with van der Waals surface area (Å²) in [5.41, 5.74) is 1.26. The summed E-state index contributed by atoms with van der Waals surface area (Å²) in [5, 5.41) is 1.27. The van der Waals surface area contributed by atoms with E-state index in [1.807, 2.05) is 20.2 Å². The molecule has 0 fully saturated rings. The van der Waals surface area contributed by atoms with E-state index in [9.17, 15) is 4.79 Å². The third-order valence-electron chi connectivity index (χ3n) is 3.24. The minimum absolute atomic E-state index is 0.290. The number of hydrogen-bond donors (Lipinski definition) is 0. The lowest BCUT2D eigenvalue weighted by atomic mass is 10.0. The van der Waals surface area contributed by atoms with Crippen molar-refractivity contribution >= 4 is 27.2 Å². The summed E-state index contributed by atoms with van der Waals surface area (Å²) in [5.74, 6) is 0.290. The molecule has 1 aromatic carbocycles. The van der Waals surface area contributed by atoms with E-state index in [2.05, 4.69) is 30.0 Å². The van der Waals surface area contributed by atoms with Crippen molar-refractivity contribution in [3.63, 3.8) is 0 Å². The molecule has 1 heterocycles. The second-order valence-corrected chi connectivity index (χ2v) is 6.18. The molecule has 0 radical (unpaired) electrons. The van der Waals surface area contributed by atoms with Crippen molar-refractivity contribution in [2.24, 2.45) is 0 Å².